The zero-order valence-corrected chi connectivity index (χ0v) is 22.0. The van der Waals surface area contributed by atoms with E-state index in [0.717, 1.165) is 17.8 Å². The molecule has 1 atom stereocenters. The number of furan rings is 1. The predicted octanol–water partition coefficient (Wildman–Crippen LogP) is 5.31. The molecule has 1 saturated heterocycles. The topological polar surface area (TPSA) is 103 Å². The molecule has 0 spiro atoms. The number of carboxylic acid groups (broad SMARTS) is 1. The molecule has 0 aliphatic carbocycles. The fourth-order valence-corrected chi connectivity index (χ4v) is 4.97. The van der Waals surface area contributed by atoms with Gasteiger partial charge in [-0.3, -0.25) is 4.90 Å². The average Bonchev–Trinajstić information content (AvgIpc) is 3.45. The Balaban J connectivity index is 1.15. The number of halogens is 3. The summed E-state index contributed by atoms with van der Waals surface area (Å²) in [5.41, 5.74) is 2.18. The highest BCUT2D eigenvalue weighted by Crippen LogP contribution is 2.28. The molecule has 1 fully saturated rings. The Labute approximate surface area is 232 Å². The fraction of sp³-hybridized carbons (Fsp3) is 0.321. The third-order valence-corrected chi connectivity index (χ3v) is 7.33. The molecular formula is C28H25ClF2N4O5. The van der Waals surface area contributed by atoms with Crippen molar-refractivity contribution in [2.45, 2.75) is 38.6 Å². The molecule has 208 valence electrons. The standard InChI is InChI=1S/C28H25ClF2N4O5/c29-18-2-1-17(21(31)11-18)15-39-25-4-3-20(30)26(33-25)16-5-8-34(9-6-16)14-24-32-27-22(12-23(40-27)28(36)37)35(24)13-19-7-10-38-19/h1-5,11-12,19H,6-10,13-15H2,(H,36,37)/t19-/m0/s1. The maximum Gasteiger partial charge on any atom is 0.371 e. The summed E-state index contributed by atoms with van der Waals surface area (Å²) in [6.45, 7) is 2.85. The van der Waals surface area contributed by atoms with Gasteiger partial charge in [0.25, 0.3) is 0 Å². The highest BCUT2D eigenvalue weighted by Gasteiger charge is 2.26. The molecule has 6 rings (SSSR count). The van der Waals surface area contributed by atoms with E-state index in [9.17, 15) is 18.7 Å². The Kier molecular flexibility index (Phi) is 7.26. The zero-order valence-electron chi connectivity index (χ0n) is 21.3. The quantitative estimate of drug-likeness (QED) is 0.289. The Morgan fingerprint density at radius 1 is 1.18 bits per heavy atom. The van der Waals surface area contributed by atoms with E-state index in [1.54, 1.807) is 6.07 Å². The van der Waals surface area contributed by atoms with Crippen LogP contribution in [0.15, 0.2) is 46.9 Å². The predicted molar refractivity (Wildman–Crippen MR) is 141 cm³/mol. The third kappa shape index (κ3) is 5.45. The van der Waals surface area contributed by atoms with E-state index in [1.165, 1.54) is 30.3 Å². The molecule has 9 nitrogen and oxygen atoms in total. The molecule has 4 aromatic rings. The molecule has 0 radical (unpaired) electrons. The molecule has 1 N–H and O–H groups in total. The highest BCUT2D eigenvalue weighted by atomic mass is 35.5. The Morgan fingerprint density at radius 2 is 2.02 bits per heavy atom. The van der Waals surface area contributed by atoms with Crippen LogP contribution in [0, 0.1) is 11.6 Å². The van der Waals surface area contributed by atoms with Gasteiger partial charge in [-0.05, 0) is 36.6 Å². The largest absolute Gasteiger partial charge is 0.475 e. The molecule has 0 bridgehead atoms. The molecule has 1 aromatic carbocycles. The van der Waals surface area contributed by atoms with E-state index in [1.807, 2.05) is 10.6 Å². The second-order valence-corrected chi connectivity index (χ2v) is 10.2. The number of benzene rings is 1. The number of carboxylic acids is 1. The molecule has 0 amide bonds. The van der Waals surface area contributed by atoms with E-state index >= 15 is 0 Å². The number of imidazole rings is 1. The van der Waals surface area contributed by atoms with Gasteiger partial charge in [-0.15, -0.1) is 0 Å². The van der Waals surface area contributed by atoms with E-state index in [-0.39, 0.29) is 35.8 Å². The van der Waals surface area contributed by atoms with Crippen LogP contribution in [0.2, 0.25) is 5.02 Å². The maximum atomic E-state index is 14.7. The van der Waals surface area contributed by atoms with Crippen LogP contribution in [-0.4, -0.2) is 56.3 Å². The number of fused-ring (bicyclic) bond motifs is 1. The van der Waals surface area contributed by atoms with E-state index < -0.39 is 17.6 Å². The molecule has 5 heterocycles. The van der Waals surface area contributed by atoms with Crippen molar-refractivity contribution >= 4 is 34.4 Å². The molecule has 3 aromatic heterocycles. The summed E-state index contributed by atoms with van der Waals surface area (Å²) in [4.78, 5) is 22.4. The first-order chi connectivity index (χ1) is 19.3. The maximum absolute atomic E-state index is 14.7. The lowest BCUT2D eigenvalue weighted by molar-refractivity contribution is -0.0591. The minimum absolute atomic E-state index is 0.0481. The summed E-state index contributed by atoms with van der Waals surface area (Å²) >= 11 is 5.80. The lowest BCUT2D eigenvalue weighted by atomic mass is 10.0. The number of rotatable bonds is 9. The molecule has 2 aliphatic heterocycles. The first-order valence-electron chi connectivity index (χ1n) is 12.8. The van der Waals surface area contributed by atoms with Crippen LogP contribution < -0.4 is 4.74 Å². The van der Waals surface area contributed by atoms with E-state index in [2.05, 4.69) is 14.9 Å². The van der Waals surface area contributed by atoms with Gasteiger partial charge in [0.1, 0.15) is 35.3 Å². The van der Waals surface area contributed by atoms with Crippen LogP contribution >= 0.6 is 11.6 Å². The number of hydrogen-bond donors (Lipinski definition) is 1. The van der Waals surface area contributed by atoms with Gasteiger partial charge in [0, 0.05) is 42.4 Å². The van der Waals surface area contributed by atoms with Crippen LogP contribution in [0.5, 0.6) is 5.88 Å². The summed E-state index contributed by atoms with van der Waals surface area (Å²) in [7, 11) is 0. The molecular weight excluding hydrogens is 546 g/mol. The summed E-state index contributed by atoms with van der Waals surface area (Å²) < 4.78 is 47.4. The number of hydrogen-bond acceptors (Lipinski definition) is 7. The van der Waals surface area contributed by atoms with Crippen molar-refractivity contribution in [1.29, 1.82) is 0 Å². The lowest BCUT2D eigenvalue weighted by Crippen LogP contribution is -2.33. The SMILES string of the molecule is O=C(O)c1cc2c(nc(CN3CC=C(c4nc(OCc5ccc(Cl)cc5F)ccc4F)CC3)n2C[C@@H]2CCO2)o1. The van der Waals surface area contributed by atoms with Crippen molar-refractivity contribution in [3.8, 4) is 5.88 Å². The number of aromatic carboxylic acids is 1. The fourth-order valence-electron chi connectivity index (χ4n) is 4.81. The van der Waals surface area contributed by atoms with Gasteiger partial charge >= 0.3 is 5.97 Å². The number of ether oxygens (including phenoxy) is 2. The third-order valence-electron chi connectivity index (χ3n) is 7.09. The van der Waals surface area contributed by atoms with Gasteiger partial charge in [-0.1, -0.05) is 23.7 Å². The number of nitrogens with zero attached hydrogens (tertiary/aromatic N) is 4. The highest BCUT2D eigenvalue weighted by molar-refractivity contribution is 6.30. The lowest BCUT2D eigenvalue weighted by Gasteiger charge is -2.29. The number of aromatic nitrogens is 3. The molecule has 2 aliphatic rings. The number of pyridine rings is 1. The summed E-state index contributed by atoms with van der Waals surface area (Å²) in [6.07, 6.45) is 3.44. The van der Waals surface area contributed by atoms with Crippen LogP contribution in [0.1, 0.15) is 40.5 Å². The molecule has 12 heteroatoms. The Hall–Kier alpha value is -3.80. The van der Waals surface area contributed by atoms with Gasteiger partial charge in [-0.2, -0.15) is 4.98 Å². The average molecular weight is 571 g/mol. The first kappa shape index (κ1) is 26.4. The molecule has 40 heavy (non-hydrogen) atoms. The van der Waals surface area contributed by atoms with Crippen LogP contribution in [0.3, 0.4) is 0 Å². The summed E-state index contributed by atoms with van der Waals surface area (Å²) in [5.74, 6) is -1.31. The smallest absolute Gasteiger partial charge is 0.371 e. The zero-order chi connectivity index (χ0) is 27.8. The van der Waals surface area contributed by atoms with Gasteiger partial charge in [0.05, 0.1) is 19.2 Å². The normalized spacial score (nSPS) is 17.6. The monoisotopic (exact) mass is 570 g/mol. The van der Waals surface area contributed by atoms with Gasteiger partial charge in [0.2, 0.25) is 17.4 Å². The van der Waals surface area contributed by atoms with Crippen molar-refractivity contribution in [2.24, 2.45) is 0 Å². The van der Waals surface area contributed by atoms with Crippen molar-refractivity contribution < 1.29 is 32.6 Å². The summed E-state index contributed by atoms with van der Waals surface area (Å²) in [5, 5.41) is 9.58. The van der Waals surface area contributed by atoms with Crippen LogP contribution in [0.4, 0.5) is 8.78 Å². The second kappa shape index (κ2) is 11.0. The van der Waals surface area contributed by atoms with Gasteiger partial charge in [0.15, 0.2) is 0 Å². The van der Waals surface area contributed by atoms with Crippen molar-refractivity contribution in [2.75, 3.05) is 19.7 Å². The molecule has 0 saturated carbocycles. The first-order valence-corrected chi connectivity index (χ1v) is 13.2. The van der Waals surface area contributed by atoms with Crippen molar-refractivity contribution in [3.05, 3.63) is 82.0 Å². The van der Waals surface area contributed by atoms with E-state index in [0.29, 0.717) is 55.3 Å². The minimum atomic E-state index is -1.15. The van der Waals surface area contributed by atoms with Crippen LogP contribution in [0.25, 0.3) is 16.8 Å². The van der Waals surface area contributed by atoms with Crippen molar-refractivity contribution in [1.82, 2.24) is 19.4 Å². The number of carbonyl (C=O) groups is 1. The minimum Gasteiger partial charge on any atom is -0.475 e. The van der Waals surface area contributed by atoms with E-state index in [4.69, 9.17) is 25.5 Å². The van der Waals surface area contributed by atoms with Crippen LogP contribution in [-0.2, 0) is 24.4 Å². The van der Waals surface area contributed by atoms with Gasteiger partial charge < -0.3 is 23.6 Å². The Morgan fingerprint density at radius 3 is 2.73 bits per heavy atom. The molecule has 0 unspecified atom stereocenters. The second-order valence-electron chi connectivity index (χ2n) is 9.75. The van der Waals surface area contributed by atoms with Gasteiger partial charge in [-0.25, -0.2) is 18.6 Å². The summed E-state index contributed by atoms with van der Waals surface area (Å²) in [6, 6.07) is 8.52. The van der Waals surface area contributed by atoms with Crippen molar-refractivity contribution in [3.63, 3.8) is 0 Å². The Bertz CT molecular complexity index is 1610.